The Kier molecular flexibility index (Phi) is 7.09. The van der Waals surface area contributed by atoms with Gasteiger partial charge in [0.25, 0.3) is 0 Å². The van der Waals surface area contributed by atoms with E-state index in [1.54, 1.807) is 7.11 Å². The summed E-state index contributed by atoms with van der Waals surface area (Å²) < 4.78 is 5.13. The highest BCUT2D eigenvalue weighted by atomic mass is 32.2. The third kappa shape index (κ3) is 5.50. The summed E-state index contributed by atoms with van der Waals surface area (Å²) in [5.74, 6) is 1.22. The van der Waals surface area contributed by atoms with Gasteiger partial charge in [-0.15, -0.1) is 10.2 Å². The molecule has 0 saturated carbocycles. The molecule has 1 heterocycles. The minimum Gasteiger partial charge on any atom is -0.497 e. The molecule has 1 N–H and O–H groups in total. The molecule has 0 aliphatic heterocycles. The quantitative estimate of drug-likeness (QED) is 0.372. The van der Waals surface area contributed by atoms with Crippen LogP contribution in [-0.4, -0.2) is 34.0 Å². The number of carbonyl (C=O) groups excluding carboxylic acids is 1. The summed E-state index contributed by atoms with van der Waals surface area (Å²) in [5, 5.41) is 12.2. The van der Waals surface area contributed by atoms with E-state index >= 15 is 0 Å². The zero-order valence-electron chi connectivity index (χ0n) is 17.6. The van der Waals surface area contributed by atoms with Gasteiger partial charge in [0.2, 0.25) is 11.1 Å². The average molecular weight is 443 g/mol. The smallest absolute Gasteiger partial charge is 0.225 e. The first kappa shape index (κ1) is 21.5. The molecule has 160 valence electrons. The normalized spacial score (nSPS) is 10.5. The van der Waals surface area contributed by atoms with Crippen LogP contribution in [0.1, 0.15) is 6.42 Å². The van der Waals surface area contributed by atoms with E-state index in [0.29, 0.717) is 17.3 Å². The average Bonchev–Trinajstić information content (AvgIpc) is 2.85. The number of carbonyl (C=O) groups is 1. The number of nitrogens with one attached hydrogen (secondary N) is 1. The van der Waals surface area contributed by atoms with Crippen molar-refractivity contribution in [2.75, 3.05) is 18.2 Å². The number of benzene rings is 3. The van der Waals surface area contributed by atoms with Gasteiger partial charge in [0.15, 0.2) is 0 Å². The predicted molar refractivity (Wildman–Crippen MR) is 128 cm³/mol. The van der Waals surface area contributed by atoms with Crippen molar-refractivity contribution in [1.29, 1.82) is 0 Å². The number of thioether (sulfide) groups is 1. The Morgan fingerprint density at radius 1 is 0.844 bits per heavy atom. The third-order valence-electron chi connectivity index (χ3n) is 4.70. The van der Waals surface area contributed by atoms with E-state index in [1.165, 1.54) is 11.8 Å². The van der Waals surface area contributed by atoms with Gasteiger partial charge in [-0.3, -0.25) is 4.79 Å². The molecule has 0 aliphatic carbocycles. The van der Waals surface area contributed by atoms with Gasteiger partial charge < -0.3 is 10.1 Å². The van der Waals surface area contributed by atoms with Crippen molar-refractivity contribution in [3.05, 3.63) is 84.9 Å². The first-order chi connectivity index (χ1) is 15.7. The van der Waals surface area contributed by atoms with Crippen molar-refractivity contribution in [1.82, 2.24) is 15.2 Å². The maximum Gasteiger partial charge on any atom is 0.225 e. The van der Waals surface area contributed by atoms with Gasteiger partial charge >= 0.3 is 0 Å². The Hall–Kier alpha value is -3.71. The molecule has 7 heteroatoms. The van der Waals surface area contributed by atoms with E-state index in [4.69, 9.17) is 9.72 Å². The fraction of sp³-hybridized carbons (Fsp3) is 0.120. The number of rotatable bonds is 8. The van der Waals surface area contributed by atoms with Crippen LogP contribution in [0.3, 0.4) is 0 Å². The maximum atomic E-state index is 12.3. The van der Waals surface area contributed by atoms with Crippen LogP contribution in [0.15, 0.2) is 90.1 Å². The fourth-order valence-electron chi connectivity index (χ4n) is 3.09. The molecule has 1 amide bonds. The predicted octanol–water partition coefficient (Wildman–Crippen LogP) is 5.34. The SMILES string of the molecule is COc1ccc(NC(=O)CCSc2nnc(-c3ccccc3)c(-c3ccccc3)n2)cc1. The van der Waals surface area contributed by atoms with Crippen molar-refractivity contribution in [2.45, 2.75) is 11.6 Å². The van der Waals surface area contributed by atoms with Gasteiger partial charge in [-0.25, -0.2) is 4.98 Å². The molecule has 3 aromatic carbocycles. The minimum absolute atomic E-state index is 0.0696. The molecule has 1 aromatic heterocycles. The molecule has 4 aromatic rings. The van der Waals surface area contributed by atoms with E-state index in [9.17, 15) is 4.79 Å². The largest absolute Gasteiger partial charge is 0.497 e. The molecule has 0 saturated heterocycles. The van der Waals surface area contributed by atoms with E-state index in [1.807, 2.05) is 84.9 Å². The lowest BCUT2D eigenvalue weighted by atomic mass is 10.0. The van der Waals surface area contributed by atoms with Crippen molar-refractivity contribution in [2.24, 2.45) is 0 Å². The number of hydrogen-bond donors (Lipinski definition) is 1. The lowest BCUT2D eigenvalue weighted by Gasteiger charge is -2.09. The summed E-state index contributed by atoms with van der Waals surface area (Å²) in [6, 6.07) is 27.1. The van der Waals surface area contributed by atoms with Gasteiger partial charge in [0, 0.05) is 29.0 Å². The maximum absolute atomic E-state index is 12.3. The van der Waals surface area contributed by atoms with Gasteiger partial charge in [0.1, 0.15) is 17.1 Å². The van der Waals surface area contributed by atoms with Crippen LogP contribution in [0.2, 0.25) is 0 Å². The van der Waals surface area contributed by atoms with Gasteiger partial charge in [-0.2, -0.15) is 0 Å². The Labute approximate surface area is 191 Å². The second-order valence-electron chi connectivity index (χ2n) is 6.90. The Bertz CT molecular complexity index is 1170. The molecule has 6 nitrogen and oxygen atoms in total. The number of nitrogens with zero attached hydrogens (tertiary/aromatic N) is 3. The Balaban J connectivity index is 1.44. The van der Waals surface area contributed by atoms with Crippen LogP contribution >= 0.6 is 11.8 Å². The van der Waals surface area contributed by atoms with E-state index in [0.717, 1.165) is 34.0 Å². The Morgan fingerprint density at radius 3 is 2.09 bits per heavy atom. The molecule has 0 spiro atoms. The molecular weight excluding hydrogens is 420 g/mol. The molecule has 0 radical (unpaired) electrons. The molecular formula is C25H22N4O2S. The second kappa shape index (κ2) is 10.5. The standard InChI is InChI=1S/C25H22N4O2S/c1-31-21-14-12-20(13-15-21)26-22(30)16-17-32-25-27-23(18-8-4-2-5-9-18)24(28-29-25)19-10-6-3-7-11-19/h2-15H,16-17H2,1H3,(H,26,30). The topological polar surface area (TPSA) is 77.0 Å². The number of methoxy groups -OCH3 is 1. The first-order valence-corrected chi connectivity index (χ1v) is 11.1. The minimum atomic E-state index is -0.0696. The summed E-state index contributed by atoms with van der Waals surface area (Å²) >= 11 is 1.41. The molecule has 0 bridgehead atoms. The third-order valence-corrected chi connectivity index (χ3v) is 5.54. The molecule has 0 unspecified atom stereocenters. The molecule has 0 fully saturated rings. The Morgan fingerprint density at radius 2 is 1.47 bits per heavy atom. The summed E-state index contributed by atoms with van der Waals surface area (Å²) in [4.78, 5) is 17.0. The van der Waals surface area contributed by atoms with E-state index < -0.39 is 0 Å². The fourth-order valence-corrected chi connectivity index (χ4v) is 3.82. The first-order valence-electron chi connectivity index (χ1n) is 10.2. The zero-order valence-corrected chi connectivity index (χ0v) is 18.4. The van der Waals surface area contributed by atoms with E-state index in [2.05, 4.69) is 15.5 Å². The van der Waals surface area contributed by atoms with Gasteiger partial charge in [-0.05, 0) is 24.3 Å². The zero-order chi connectivity index (χ0) is 22.2. The molecule has 32 heavy (non-hydrogen) atoms. The van der Waals surface area contributed by atoms with Crippen LogP contribution < -0.4 is 10.1 Å². The van der Waals surface area contributed by atoms with Gasteiger partial charge in [0.05, 0.1) is 7.11 Å². The number of ether oxygens (including phenoxy) is 1. The van der Waals surface area contributed by atoms with Gasteiger partial charge in [-0.1, -0.05) is 72.4 Å². The number of amides is 1. The van der Waals surface area contributed by atoms with E-state index in [-0.39, 0.29) is 5.91 Å². The summed E-state index contributed by atoms with van der Waals surface area (Å²) in [6.07, 6.45) is 0.334. The lowest BCUT2D eigenvalue weighted by molar-refractivity contribution is -0.115. The van der Waals surface area contributed by atoms with Crippen LogP contribution in [-0.2, 0) is 4.79 Å². The van der Waals surface area contributed by atoms with Crippen molar-refractivity contribution >= 4 is 23.4 Å². The van der Waals surface area contributed by atoms with Crippen LogP contribution in [0, 0.1) is 0 Å². The highest BCUT2D eigenvalue weighted by Gasteiger charge is 2.14. The van der Waals surface area contributed by atoms with Crippen LogP contribution in [0.4, 0.5) is 5.69 Å². The summed E-state index contributed by atoms with van der Waals surface area (Å²) in [6.45, 7) is 0. The second-order valence-corrected chi connectivity index (χ2v) is 7.96. The number of aromatic nitrogens is 3. The lowest BCUT2D eigenvalue weighted by Crippen LogP contribution is -2.12. The van der Waals surface area contributed by atoms with Crippen molar-refractivity contribution in [3.8, 4) is 28.3 Å². The molecule has 0 atom stereocenters. The number of hydrogen-bond acceptors (Lipinski definition) is 6. The summed E-state index contributed by atoms with van der Waals surface area (Å²) in [5.41, 5.74) is 4.18. The highest BCUT2D eigenvalue weighted by molar-refractivity contribution is 7.99. The number of anilines is 1. The molecule has 0 aliphatic rings. The highest BCUT2D eigenvalue weighted by Crippen LogP contribution is 2.29. The van der Waals surface area contributed by atoms with Crippen LogP contribution in [0.25, 0.3) is 22.5 Å². The van der Waals surface area contributed by atoms with Crippen LogP contribution in [0.5, 0.6) is 5.75 Å². The van der Waals surface area contributed by atoms with Crippen molar-refractivity contribution < 1.29 is 9.53 Å². The summed E-state index contributed by atoms with van der Waals surface area (Å²) in [7, 11) is 1.61. The molecule has 4 rings (SSSR count). The van der Waals surface area contributed by atoms with Crippen molar-refractivity contribution in [3.63, 3.8) is 0 Å². The monoisotopic (exact) mass is 442 g/mol.